The quantitative estimate of drug-likeness (QED) is 0.767. The first-order chi connectivity index (χ1) is 12.3. The van der Waals surface area contributed by atoms with E-state index in [-0.39, 0.29) is 37.0 Å². The van der Waals surface area contributed by atoms with E-state index in [1.54, 1.807) is 6.07 Å². The zero-order valence-electron chi connectivity index (χ0n) is 14.9. The van der Waals surface area contributed by atoms with E-state index in [1.807, 2.05) is 37.3 Å². The highest BCUT2D eigenvalue weighted by Gasteiger charge is 2.20. The monoisotopic (exact) mass is 378 g/mol. The second-order valence-corrected chi connectivity index (χ2v) is 8.00. The van der Waals surface area contributed by atoms with E-state index in [2.05, 4.69) is 5.32 Å². The maximum absolute atomic E-state index is 13.9. The fourth-order valence-corrected chi connectivity index (χ4v) is 3.61. The first-order valence-electron chi connectivity index (χ1n) is 8.35. The topological polar surface area (TPSA) is 66.5 Å². The van der Waals surface area contributed by atoms with Gasteiger partial charge in [-0.05, 0) is 31.0 Å². The number of amides is 1. The third-order valence-electron chi connectivity index (χ3n) is 3.96. The van der Waals surface area contributed by atoms with Crippen molar-refractivity contribution >= 4 is 21.6 Å². The van der Waals surface area contributed by atoms with Gasteiger partial charge in [0.15, 0.2) is 0 Å². The average molecular weight is 378 g/mol. The second kappa shape index (κ2) is 8.80. The molecule has 2 rings (SSSR count). The predicted octanol–water partition coefficient (Wildman–Crippen LogP) is 3.25. The van der Waals surface area contributed by atoms with Crippen LogP contribution in [-0.2, 0) is 14.8 Å². The molecule has 0 heterocycles. The van der Waals surface area contributed by atoms with Gasteiger partial charge >= 0.3 is 0 Å². The van der Waals surface area contributed by atoms with Crippen LogP contribution >= 0.6 is 0 Å². The summed E-state index contributed by atoms with van der Waals surface area (Å²) in [5, 5.41) is 2.88. The maximum Gasteiger partial charge on any atom is 0.232 e. The van der Waals surface area contributed by atoms with Crippen LogP contribution < -0.4 is 9.62 Å². The van der Waals surface area contributed by atoms with Gasteiger partial charge in [0.1, 0.15) is 5.82 Å². The summed E-state index contributed by atoms with van der Waals surface area (Å²) in [7, 11) is -3.64. The summed E-state index contributed by atoms with van der Waals surface area (Å²) >= 11 is 0. The van der Waals surface area contributed by atoms with Crippen LogP contribution in [0.25, 0.3) is 0 Å². The predicted molar refractivity (Wildman–Crippen MR) is 101 cm³/mol. The molecule has 2 aromatic carbocycles. The Kier molecular flexibility index (Phi) is 6.74. The smallest absolute Gasteiger partial charge is 0.232 e. The van der Waals surface area contributed by atoms with Crippen LogP contribution in [0.3, 0.4) is 0 Å². The van der Waals surface area contributed by atoms with Crippen molar-refractivity contribution in [2.75, 3.05) is 17.1 Å². The maximum atomic E-state index is 13.9. The Bertz CT molecular complexity index is 841. The largest absolute Gasteiger partial charge is 0.350 e. The molecule has 7 heteroatoms. The number of sulfonamides is 1. The van der Waals surface area contributed by atoms with Gasteiger partial charge in [-0.25, -0.2) is 12.8 Å². The molecule has 1 atom stereocenters. The molecule has 0 bridgehead atoms. The van der Waals surface area contributed by atoms with Gasteiger partial charge in [-0.15, -0.1) is 0 Å². The highest BCUT2D eigenvalue weighted by Crippen LogP contribution is 2.22. The summed E-state index contributed by atoms with van der Waals surface area (Å²) < 4.78 is 38.9. The summed E-state index contributed by atoms with van der Waals surface area (Å²) in [6.07, 6.45) is 1.46. The zero-order chi connectivity index (χ0) is 19.2. The molecule has 0 saturated carbocycles. The molecule has 0 aliphatic rings. The molecule has 0 saturated heterocycles. The average Bonchev–Trinajstić information content (AvgIpc) is 2.59. The molecule has 26 heavy (non-hydrogen) atoms. The van der Waals surface area contributed by atoms with Gasteiger partial charge in [0, 0.05) is 13.0 Å². The molecule has 0 fully saturated rings. The lowest BCUT2D eigenvalue weighted by Crippen LogP contribution is -2.33. The molecular formula is C19H23FN2O3S. The van der Waals surface area contributed by atoms with Crippen LogP contribution in [0.15, 0.2) is 54.6 Å². The SMILES string of the molecule is CC(NC(=O)CCCN(c1ccccc1F)S(C)(=O)=O)c1ccccc1. The molecule has 0 radical (unpaired) electrons. The third kappa shape index (κ3) is 5.56. The van der Waals surface area contributed by atoms with Crippen LogP contribution in [0.2, 0.25) is 0 Å². The van der Waals surface area contributed by atoms with Gasteiger partial charge in [0.25, 0.3) is 0 Å². The van der Waals surface area contributed by atoms with Crippen LogP contribution in [0, 0.1) is 5.82 Å². The van der Waals surface area contributed by atoms with Gasteiger partial charge in [-0.2, -0.15) is 0 Å². The molecule has 5 nitrogen and oxygen atoms in total. The lowest BCUT2D eigenvalue weighted by Gasteiger charge is -2.23. The minimum Gasteiger partial charge on any atom is -0.350 e. The van der Waals surface area contributed by atoms with Crippen molar-refractivity contribution in [1.29, 1.82) is 0 Å². The highest BCUT2D eigenvalue weighted by molar-refractivity contribution is 7.92. The Hall–Kier alpha value is -2.41. The first-order valence-corrected chi connectivity index (χ1v) is 10.2. The van der Waals surface area contributed by atoms with Crippen LogP contribution in [0.4, 0.5) is 10.1 Å². The number of para-hydroxylation sites is 1. The summed E-state index contributed by atoms with van der Waals surface area (Å²) in [6, 6.07) is 15.1. The number of carbonyl (C=O) groups excluding carboxylic acids is 1. The fourth-order valence-electron chi connectivity index (χ4n) is 2.64. The van der Waals surface area contributed by atoms with Crippen molar-refractivity contribution in [1.82, 2.24) is 5.32 Å². The summed E-state index contributed by atoms with van der Waals surface area (Å²) in [4.78, 5) is 12.1. The molecule has 0 aromatic heterocycles. The number of rotatable bonds is 8. The first kappa shape index (κ1) is 19.9. The summed E-state index contributed by atoms with van der Waals surface area (Å²) in [6.45, 7) is 1.92. The number of halogens is 1. The molecular weight excluding hydrogens is 355 g/mol. The van der Waals surface area contributed by atoms with Crippen LogP contribution in [0.1, 0.15) is 31.4 Å². The van der Waals surface area contributed by atoms with Crippen molar-refractivity contribution in [3.05, 3.63) is 66.0 Å². The van der Waals surface area contributed by atoms with E-state index in [4.69, 9.17) is 0 Å². The number of benzene rings is 2. The standard InChI is InChI=1S/C19H23FN2O3S/c1-15(16-9-4-3-5-10-16)21-19(23)13-8-14-22(26(2,24)25)18-12-7-6-11-17(18)20/h3-7,9-12,15H,8,13-14H2,1-2H3,(H,21,23). The number of nitrogens with one attached hydrogen (secondary N) is 1. The van der Waals surface area contributed by atoms with Crippen molar-refractivity contribution in [2.45, 2.75) is 25.8 Å². The van der Waals surface area contributed by atoms with Crippen LogP contribution in [-0.4, -0.2) is 27.1 Å². The van der Waals surface area contributed by atoms with E-state index in [0.29, 0.717) is 0 Å². The van der Waals surface area contributed by atoms with E-state index >= 15 is 0 Å². The number of hydrogen-bond acceptors (Lipinski definition) is 3. The second-order valence-electron chi connectivity index (χ2n) is 6.09. The fraction of sp³-hybridized carbons (Fsp3) is 0.316. The Morgan fingerprint density at radius 3 is 2.35 bits per heavy atom. The Morgan fingerprint density at radius 2 is 1.73 bits per heavy atom. The van der Waals surface area contributed by atoms with E-state index in [1.165, 1.54) is 18.2 Å². The van der Waals surface area contributed by atoms with Gasteiger partial charge in [-0.3, -0.25) is 9.10 Å². The van der Waals surface area contributed by atoms with Gasteiger partial charge in [0.2, 0.25) is 15.9 Å². The molecule has 1 N–H and O–H groups in total. The molecule has 2 aromatic rings. The molecule has 1 amide bonds. The Labute approximate surface area is 153 Å². The summed E-state index contributed by atoms with van der Waals surface area (Å²) in [5.41, 5.74) is 0.984. The van der Waals surface area contributed by atoms with Crippen molar-refractivity contribution in [2.24, 2.45) is 0 Å². The molecule has 0 aliphatic carbocycles. The number of nitrogens with zero attached hydrogens (tertiary/aromatic N) is 1. The molecule has 0 spiro atoms. The number of anilines is 1. The third-order valence-corrected chi connectivity index (χ3v) is 5.14. The van der Waals surface area contributed by atoms with Crippen molar-refractivity contribution in [3.63, 3.8) is 0 Å². The van der Waals surface area contributed by atoms with Crippen LogP contribution in [0.5, 0.6) is 0 Å². The van der Waals surface area contributed by atoms with Gasteiger partial charge in [-0.1, -0.05) is 42.5 Å². The highest BCUT2D eigenvalue weighted by atomic mass is 32.2. The van der Waals surface area contributed by atoms with Crippen molar-refractivity contribution < 1.29 is 17.6 Å². The van der Waals surface area contributed by atoms with E-state index < -0.39 is 15.8 Å². The number of carbonyl (C=O) groups is 1. The van der Waals surface area contributed by atoms with Crippen molar-refractivity contribution in [3.8, 4) is 0 Å². The minimum absolute atomic E-state index is 0.00642. The Balaban J connectivity index is 1.93. The number of hydrogen-bond donors (Lipinski definition) is 1. The van der Waals surface area contributed by atoms with Gasteiger partial charge < -0.3 is 5.32 Å². The molecule has 0 aliphatic heterocycles. The lowest BCUT2D eigenvalue weighted by molar-refractivity contribution is -0.121. The molecule has 1 unspecified atom stereocenters. The molecule has 140 valence electrons. The van der Waals surface area contributed by atoms with Gasteiger partial charge in [0.05, 0.1) is 18.0 Å². The minimum atomic E-state index is -3.64. The zero-order valence-corrected chi connectivity index (χ0v) is 15.7. The van der Waals surface area contributed by atoms with E-state index in [0.717, 1.165) is 16.1 Å². The normalized spacial score (nSPS) is 12.4. The van der Waals surface area contributed by atoms with E-state index in [9.17, 15) is 17.6 Å². The summed E-state index contributed by atoms with van der Waals surface area (Å²) in [5.74, 6) is -0.789. The lowest BCUT2D eigenvalue weighted by atomic mass is 10.1. The Morgan fingerprint density at radius 1 is 1.12 bits per heavy atom.